The third-order valence-electron chi connectivity index (χ3n) is 4.07. The summed E-state index contributed by atoms with van der Waals surface area (Å²) in [6.45, 7) is 4.28. The summed E-state index contributed by atoms with van der Waals surface area (Å²) in [6.07, 6.45) is 1.07. The molecule has 0 fully saturated rings. The van der Waals surface area contributed by atoms with Gasteiger partial charge in [0.25, 0.3) is 0 Å². The first kappa shape index (κ1) is 13.9. The number of benzene rings is 2. The molecule has 1 unspecified atom stereocenters. The lowest BCUT2D eigenvalue weighted by atomic mass is 10.0. The van der Waals surface area contributed by atoms with Crippen LogP contribution in [0.5, 0.6) is 0 Å². The highest BCUT2D eigenvalue weighted by molar-refractivity contribution is 5.85. The number of hydrogen-bond acceptors (Lipinski definition) is 2. The average molecular weight is 279 g/mol. The van der Waals surface area contributed by atoms with E-state index in [0.29, 0.717) is 6.04 Å². The van der Waals surface area contributed by atoms with Crippen molar-refractivity contribution in [2.75, 3.05) is 7.05 Å². The highest BCUT2D eigenvalue weighted by Crippen LogP contribution is 2.31. The molecule has 3 aromatic rings. The van der Waals surface area contributed by atoms with Crippen LogP contribution in [-0.2, 0) is 0 Å². The first-order chi connectivity index (χ1) is 10.2. The van der Waals surface area contributed by atoms with Gasteiger partial charge in [0.1, 0.15) is 11.3 Å². The summed E-state index contributed by atoms with van der Waals surface area (Å²) >= 11 is 0. The Labute approximate surface area is 125 Å². The number of furan rings is 1. The maximum Gasteiger partial charge on any atom is 0.137 e. The predicted octanol–water partition coefficient (Wildman–Crippen LogP) is 5.08. The molecule has 0 saturated heterocycles. The Bertz CT molecular complexity index is 753. The van der Waals surface area contributed by atoms with Crippen molar-refractivity contribution >= 4 is 11.0 Å². The van der Waals surface area contributed by atoms with Crippen molar-refractivity contribution in [2.45, 2.75) is 26.3 Å². The van der Waals surface area contributed by atoms with Crippen LogP contribution in [0.4, 0.5) is 0 Å². The molecule has 1 heterocycles. The standard InChI is InChI=1S/C19H21NO/c1-4-17(20-3)14-8-6-9-15(11-14)18-12-16-10-5-7-13(2)19(16)21-18/h5-12,17,20H,4H2,1-3H3. The van der Waals surface area contributed by atoms with Crippen molar-refractivity contribution in [3.63, 3.8) is 0 Å². The monoisotopic (exact) mass is 279 g/mol. The summed E-state index contributed by atoms with van der Waals surface area (Å²) in [5.41, 5.74) is 4.60. The van der Waals surface area contributed by atoms with Crippen LogP contribution in [-0.4, -0.2) is 7.05 Å². The lowest BCUT2D eigenvalue weighted by Gasteiger charge is -2.14. The Morgan fingerprint density at radius 1 is 1.10 bits per heavy atom. The van der Waals surface area contributed by atoms with Gasteiger partial charge >= 0.3 is 0 Å². The van der Waals surface area contributed by atoms with E-state index in [0.717, 1.165) is 28.7 Å². The molecule has 0 radical (unpaired) electrons. The maximum absolute atomic E-state index is 6.07. The van der Waals surface area contributed by atoms with Gasteiger partial charge < -0.3 is 9.73 Å². The Morgan fingerprint density at radius 3 is 2.62 bits per heavy atom. The number of nitrogens with one attached hydrogen (secondary N) is 1. The molecule has 1 atom stereocenters. The maximum atomic E-state index is 6.07. The number of rotatable bonds is 4. The topological polar surface area (TPSA) is 25.2 Å². The molecule has 0 aliphatic carbocycles. The molecule has 0 saturated carbocycles. The second-order valence-corrected chi connectivity index (χ2v) is 5.48. The summed E-state index contributed by atoms with van der Waals surface area (Å²) < 4.78 is 6.07. The van der Waals surface area contributed by atoms with Crippen LogP contribution < -0.4 is 5.32 Å². The number of aryl methyl sites for hydroxylation is 1. The first-order valence-electron chi connectivity index (χ1n) is 7.49. The molecule has 0 aliphatic rings. The molecule has 2 aromatic carbocycles. The van der Waals surface area contributed by atoms with Crippen molar-refractivity contribution in [1.29, 1.82) is 0 Å². The van der Waals surface area contributed by atoms with Crippen LogP contribution in [0.3, 0.4) is 0 Å². The second kappa shape index (κ2) is 5.74. The van der Waals surface area contributed by atoms with Crippen molar-refractivity contribution in [3.8, 4) is 11.3 Å². The molecule has 3 rings (SSSR count). The predicted molar refractivity (Wildman–Crippen MR) is 88.5 cm³/mol. The van der Waals surface area contributed by atoms with E-state index in [1.165, 1.54) is 11.1 Å². The summed E-state index contributed by atoms with van der Waals surface area (Å²) in [7, 11) is 2.01. The van der Waals surface area contributed by atoms with Crippen molar-refractivity contribution < 1.29 is 4.42 Å². The normalized spacial score (nSPS) is 12.7. The third kappa shape index (κ3) is 2.59. The van der Waals surface area contributed by atoms with E-state index in [4.69, 9.17) is 4.42 Å². The second-order valence-electron chi connectivity index (χ2n) is 5.48. The minimum absolute atomic E-state index is 0.385. The molecule has 1 aromatic heterocycles. The molecule has 2 nitrogen and oxygen atoms in total. The zero-order valence-corrected chi connectivity index (χ0v) is 12.8. The highest BCUT2D eigenvalue weighted by Gasteiger charge is 2.11. The molecule has 0 bridgehead atoms. The van der Waals surface area contributed by atoms with E-state index in [9.17, 15) is 0 Å². The molecule has 21 heavy (non-hydrogen) atoms. The van der Waals surface area contributed by atoms with Gasteiger partial charge in [0.15, 0.2) is 0 Å². The fraction of sp³-hybridized carbons (Fsp3) is 0.263. The smallest absolute Gasteiger partial charge is 0.137 e. The van der Waals surface area contributed by atoms with E-state index in [1.807, 2.05) is 7.05 Å². The summed E-state index contributed by atoms with van der Waals surface area (Å²) in [6, 6.07) is 17.4. The SMILES string of the molecule is CCC(NC)c1cccc(-c2cc3cccc(C)c3o2)c1. The van der Waals surface area contributed by atoms with Crippen molar-refractivity contribution in [2.24, 2.45) is 0 Å². The fourth-order valence-corrected chi connectivity index (χ4v) is 2.87. The molecule has 0 aliphatic heterocycles. The van der Waals surface area contributed by atoms with Gasteiger partial charge in [-0.05, 0) is 43.7 Å². The number of fused-ring (bicyclic) bond motifs is 1. The molecular weight excluding hydrogens is 258 g/mol. The molecule has 108 valence electrons. The van der Waals surface area contributed by atoms with E-state index in [2.05, 4.69) is 67.7 Å². The van der Waals surface area contributed by atoms with Gasteiger partial charge in [-0.25, -0.2) is 0 Å². The minimum atomic E-state index is 0.385. The van der Waals surface area contributed by atoms with Crippen LogP contribution in [0, 0.1) is 6.92 Å². The first-order valence-corrected chi connectivity index (χ1v) is 7.49. The average Bonchev–Trinajstić information content (AvgIpc) is 2.95. The van der Waals surface area contributed by atoms with Crippen LogP contribution in [0.1, 0.15) is 30.5 Å². The largest absolute Gasteiger partial charge is 0.456 e. The quantitative estimate of drug-likeness (QED) is 0.720. The van der Waals surface area contributed by atoms with Gasteiger partial charge in [0, 0.05) is 17.0 Å². The van der Waals surface area contributed by atoms with Crippen molar-refractivity contribution in [1.82, 2.24) is 5.32 Å². The van der Waals surface area contributed by atoms with Gasteiger partial charge in [-0.2, -0.15) is 0 Å². The van der Waals surface area contributed by atoms with Gasteiger partial charge in [0.05, 0.1) is 0 Å². The zero-order chi connectivity index (χ0) is 14.8. The Morgan fingerprint density at radius 2 is 1.90 bits per heavy atom. The fourth-order valence-electron chi connectivity index (χ4n) is 2.87. The minimum Gasteiger partial charge on any atom is -0.456 e. The van der Waals surface area contributed by atoms with Gasteiger partial charge in [0.2, 0.25) is 0 Å². The molecule has 1 N–H and O–H groups in total. The lowest BCUT2D eigenvalue weighted by Crippen LogP contribution is -2.14. The number of para-hydroxylation sites is 1. The summed E-state index contributed by atoms with van der Waals surface area (Å²) in [5, 5.41) is 4.51. The summed E-state index contributed by atoms with van der Waals surface area (Å²) in [5.74, 6) is 0.937. The van der Waals surface area contributed by atoms with Gasteiger partial charge in [-0.15, -0.1) is 0 Å². The highest BCUT2D eigenvalue weighted by atomic mass is 16.3. The Kier molecular flexibility index (Phi) is 3.80. The van der Waals surface area contributed by atoms with Gasteiger partial charge in [-0.3, -0.25) is 0 Å². The Hall–Kier alpha value is -2.06. The van der Waals surface area contributed by atoms with Crippen LogP contribution in [0.25, 0.3) is 22.3 Å². The van der Waals surface area contributed by atoms with Gasteiger partial charge in [-0.1, -0.05) is 43.3 Å². The zero-order valence-electron chi connectivity index (χ0n) is 12.8. The van der Waals surface area contributed by atoms with Crippen LogP contribution in [0.15, 0.2) is 52.9 Å². The van der Waals surface area contributed by atoms with E-state index >= 15 is 0 Å². The lowest BCUT2D eigenvalue weighted by molar-refractivity contribution is 0.576. The summed E-state index contributed by atoms with van der Waals surface area (Å²) in [4.78, 5) is 0. The Balaban J connectivity index is 2.06. The third-order valence-corrected chi connectivity index (χ3v) is 4.07. The molecular formula is C19H21NO. The molecule has 0 amide bonds. The van der Waals surface area contributed by atoms with Crippen LogP contribution in [0.2, 0.25) is 0 Å². The van der Waals surface area contributed by atoms with Crippen LogP contribution >= 0.6 is 0 Å². The molecule has 2 heteroatoms. The van der Waals surface area contributed by atoms with Crippen molar-refractivity contribution in [3.05, 3.63) is 59.7 Å². The van der Waals surface area contributed by atoms with E-state index in [1.54, 1.807) is 0 Å². The van der Waals surface area contributed by atoms with E-state index in [-0.39, 0.29) is 0 Å². The van der Waals surface area contributed by atoms with E-state index < -0.39 is 0 Å². The molecule has 0 spiro atoms. The number of hydrogen-bond donors (Lipinski definition) is 1.